The van der Waals surface area contributed by atoms with Crippen molar-refractivity contribution in [3.8, 4) is 0 Å². The maximum atomic E-state index is 6.13. The van der Waals surface area contributed by atoms with Crippen molar-refractivity contribution in [1.29, 1.82) is 0 Å². The fourth-order valence-electron chi connectivity index (χ4n) is 2.08. The highest BCUT2D eigenvalue weighted by Crippen LogP contribution is 2.23. The van der Waals surface area contributed by atoms with Crippen LogP contribution in [0.1, 0.15) is 51.0 Å². The highest BCUT2D eigenvalue weighted by molar-refractivity contribution is 6.42. The Morgan fingerprint density at radius 3 is 2.44 bits per heavy atom. The van der Waals surface area contributed by atoms with Gasteiger partial charge in [-0.1, -0.05) is 68.3 Å². The molecule has 0 saturated carbocycles. The summed E-state index contributed by atoms with van der Waals surface area (Å²) in [5.41, 5.74) is 7.30. The summed E-state index contributed by atoms with van der Waals surface area (Å²) in [6, 6.07) is 5.99. The lowest BCUT2D eigenvalue weighted by Gasteiger charge is -2.12. The summed E-state index contributed by atoms with van der Waals surface area (Å²) in [6.07, 6.45) is 8.44. The third-order valence-electron chi connectivity index (χ3n) is 3.16. The van der Waals surface area contributed by atoms with E-state index in [0.717, 1.165) is 12.8 Å². The molecule has 0 spiro atoms. The number of nitrogens with two attached hydrogens (primary N) is 1. The minimum absolute atomic E-state index is 0.226. The maximum Gasteiger partial charge on any atom is 0.0595 e. The number of rotatable bonds is 8. The molecule has 0 fully saturated rings. The molecular weight excluding hydrogens is 265 g/mol. The van der Waals surface area contributed by atoms with Gasteiger partial charge in [-0.3, -0.25) is 0 Å². The Hall–Kier alpha value is -0.240. The van der Waals surface area contributed by atoms with Gasteiger partial charge in [0.05, 0.1) is 10.0 Å². The van der Waals surface area contributed by atoms with Crippen LogP contribution in [0.25, 0.3) is 0 Å². The normalized spacial score (nSPS) is 12.7. The van der Waals surface area contributed by atoms with Gasteiger partial charge < -0.3 is 5.73 Å². The molecule has 1 aromatic carbocycles. The Bertz CT molecular complexity index is 352. The molecule has 1 rings (SSSR count). The lowest BCUT2D eigenvalue weighted by Crippen LogP contribution is -2.22. The molecule has 0 aromatic heterocycles. The van der Waals surface area contributed by atoms with Crippen LogP contribution in [0.2, 0.25) is 10.0 Å². The van der Waals surface area contributed by atoms with E-state index in [-0.39, 0.29) is 6.04 Å². The molecule has 0 radical (unpaired) electrons. The molecule has 0 saturated heterocycles. The van der Waals surface area contributed by atoms with Gasteiger partial charge >= 0.3 is 0 Å². The minimum Gasteiger partial charge on any atom is -0.327 e. The van der Waals surface area contributed by atoms with Crippen molar-refractivity contribution in [2.45, 2.75) is 57.9 Å². The monoisotopic (exact) mass is 287 g/mol. The molecule has 2 N–H and O–H groups in total. The molecule has 0 amide bonds. The summed E-state index contributed by atoms with van der Waals surface area (Å²) in [5.74, 6) is 0. The second-order valence-electron chi connectivity index (χ2n) is 4.92. The molecule has 1 nitrogen and oxygen atoms in total. The number of hydrogen-bond acceptors (Lipinski definition) is 1. The van der Waals surface area contributed by atoms with Gasteiger partial charge in [-0.15, -0.1) is 0 Å². The van der Waals surface area contributed by atoms with Crippen molar-refractivity contribution >= 4 is 23.2 Å². The van der Waals surface area contributed by atoms with Gasteiger partial charge in [0, 0.05) is 6.04 Å². The summed E-state index contributed by atoms with van der Waals surface area (Å²) in [7, 11) is 0. The number of hydrogen-bond donors (Lipinski definition) is 1. The lowest BCUT2D eigenvalue weighted by atomic mass is 10.0. The fraction of sp³-hybridized carbons (Fsp3) is 0.600. The second kappa shape index (κ2) is 8.79. The van der Waals surface area contributed by atoms with Crippen LogP contribution in [-0.2, 0) is 6.42 Å². The van der Waals surface area contributed by atoms with Crippen LogP contribution in [0, 0.1) is 0 Å². The van der Waals surface area contributed by atoms with Crippen LogP contribution in [0.4, 0.5) is 0 Å². The van der Waals surface area contributed by atoms with E-state index in [1.165, 1.54) is 37.7 Å². The molecule has 18 heavy (non-hydrogen) atoms. The molecule has 1 atom stereocenters. The van der Waals surface area contributed by atoms with Gasteiger partial charge in [-0.2, -0.15) is 0 Å². The van der Waals surface area contributed by atoms with Crippen LogP contribution in [0.15, 0.2) is 18.2 Å². The standard InChI is InChI=1S/C15H23Cl2N/c1-2-3-4-5-6-7-13(18)10-12-8-9-14(16)15(17)11-12/h8-9,11,13H,2-7,10,18H2,1H3. The SMILES string of the molecule is CCCCCCCC(N)Cc1ccc(Cl)c(Cl)c1. The van der Waals surface area contributed by atoms with Gasteiger partial charge in [0.1, 0.15) is 0 Å². The van der Waals surface area contributed by atoms with Crippen molar-refractivity contribution in [3.05, 3.63) is 33.8 Å². The zero-order chi connectivity index (χ0) is 13.4. The highest BCUT2D eigenvalue weighted by Gasteiger charge is 2.06. The van der Waals surface area contributed by atoms with E-state index in [1.54, 1.807) is 0 Å². The zero-order valence-electron chi connectivity index (χ0n) is 11.1. The molecule has 0 aliphatic carbocycles. The van der Waals surface area contributed by atoms with Crippen LogP contribution in [0.3, 0.4) is 0 Å². The minimum atomic E-state index is 0.226. The molecule has 1 unspecified atom stereocenters. The molecule has 0 bridgehead atoms. The first kappa shape index (κ1) is 15.8. The van der Waals surface area contributed by atoms with E-state index in [2.05, 4.69) is 6.92 Å². The number of halogens is 2. The quantitative estimate of drug-likeness (QED) is 0.652. The van der Waals surface area contributed by atoms with Gasteiger partial charge in [-0.05, 0) is 30.5 Å². The largest absolute Gasteiger partial charge is 0.327 e. The Morgan fingerprint density at radius 1 is 1.06 bits per heavy atom. The first-order chi connectivity index (χ1) is 8.63. The Balaban J connectivity index is 2.26. The van der Waals surface area contributed by atoms with Gasteiger partial charge in [0.25, 0.3) is 0 Å². The van der Waals surface area contributed by atoms with Gasteiger partial charge in [0.2, 0.25) is 0 Å². The predicted octanol–water partition coefficient (Wildman–Crippen LogP) is 5.22. The zero-order valence-corrected chi connectivity index (χ0v) is 12.6. The molecule has 0 aliphatic rings. The van der Waals surface area contributed by atoms with Crippen molar-refractivity contribution < 1.29 is 0 Å². The predicted molar refractivity (Wildman–Crippen MR) is 81.5 cm³/mol. The van der Waals surface area contributed by atoms with Crippen molar-refractivity contribution in [2.75, 3.05) is 0 Å². The van der Waals surface area contributed by atoms with E-state index in [9.17, 15) is 0 Å². The van der Waals surface area contributed by atoms with Crippen LogP contribution in [-0.4, -0.2) is 6.04 Å². The molecule has 3 heteroatoms. The summed E-state index contributed by atoms with van der Waals surface area (Å²) in [6.45, 7) is 2.23. The first-order valence-corrected chi connectivity index (χ1v) is 7.58. The van der Waals surface area contributed by atoms with E-state index in [1.807, 2.05) is 18.2 Å². The van der Waals surface area contributed by atoms with Crippen LogP contribution >= 0.6 is 23.2 Å². The number of unbranched alkanes of at least 4 members (excludes halogenated alkanes) is 4. The van der Waals surface area contributed by atoms with Gasteiger partial charge in [0.15, 0.2) is 0 Å². The number of benzene rings is 1. The topological polar surface area (TPSA) is 26.0 Å². The highest BCUT2D eigenvalue weighted by atomic mass is 35.5. The Kier molecular flexibility index (Phi) is 7.73. The molecule has 1 aromatic rings. The fourth-order valence-corrected chi connectivity index (χ4v) is 2.40. The summed E-state index contributed by atoms with van der Waals surface area (Å²) in [5, 5.41) is 1.22. The molecule has 0 aliphatic heterocycles. The molecule has 0 heterocycles. The average Bonchev–Trinajstić information content (AvgIpc) is 2.34. The van der Waals surface area contributed by atoms with Crippen LogP contribution < -0.4 is 5.73 Å². The third kappa shape index (κ3) is 6.08. The first-order valence-electron chi connectivity index (χ1n) is 6.83. The smallest absolute Gasteiger partial charge is 0.0595 e. The lowest BCUT2D eigenvalue weighted by molar-refractivity contribution is 0.538. The second-order valence-corrected chi connectivity index (χ2v) is 5.73. The van der Waals surface area contributed by atoms with Gasteiger partial charge in [-0.25, -0.2) is 0 Å². The summed E-state index contributed by atoms with van der Waals surface area (Å²) in [4.78, 5) is 0. The summed E-state index contributed by atoms with van der Waals surface area (Å²) < 4.78 is 0. The maximum absolute atomic E-state index is 6.13. The van der Waals surface area contributed by atoms with E-state index in [0.29, 0.717) is 10.0 Å². The van der Waals surface area contributed by atoms with E-state index < -0.39 is 0 Å². The van der Waals surface area contributed by atoms with E-state index in [4.69, 9.17) is 28.9 Å². The molecular formula is C15H23Cl2N. The van der Waals surface area contributed by atoms with Crippen molar-refractivity contribution in [1.82, 2.24) is 0 Å². The Morgan fingerprint density at radius 2 is 1.78 bits per heavy atom. The van der Waals surface area contributed by atoms with Crippen LogP contribution in [0.5, 0.6) is 0 Å². The average molecular weight is 288 g/mol. The van der Waals surface area contributed by atoms with Crippen molar-refractivity contribution in [3.63, 3.8) is 0 Å². The van der Waals surface area contributed by atoms with E-state index >= 15 is 0 Å². The molecule has 102 valence electrons. The summed E-state index contributed by atoms with van der Waals surface area (Å²) >= 11 is 11.9. The Labute approximate surface area is 121 Å². The third-order valence-corrected chi connectivity index (χ3v) is 3.90. The van der Waals surface area contributed by atoms with Crippen molar-refractivity contribution in [2.24, 2.45) is 5.73 Å².